The van der Waals surface area contributed by atoms with Gasteiger partial charge in [0.1, 0.15) is 16.5 Å². The quantitative estimate of drug-likeness (QED) is 0.362. The third-order valence-electron chi connectivity index (χ3n) is 5.60. The Balaban J connectivity index is 1.73. The minimum Gasteiger partial charge on any atom is -0.508 e. The number of nitrogens with zero attached hydrogens (tertiary/aromatic N) is 5. The number of fused-ring (bicyclic) bond motifs is 1. The van der Waals surface area contributed by atoms with Crippen LogP contribution in [-0.4, -0.2) is 34.5 Å². The number of hydrogen-bond acceptors (Lipinski definition) is 6. The van der Waals surface area contributed by atoms with Crippen molar-refractivity contribution in [1.29, 1.82) is 0 Å². The average molecular weight is 458 g/mol. The molecule has 0 fully saturated rings. The van der Waals surface area contributed by atoms with Crippen molar-refractivity contribution in [3.05, 3.63) is 72.6 Å². The lowest BCUT2D eigenvalue weighted by atomic mass is 9.98. The van der Waals surface area contributed by atoms with Crippen LogP contribution >= 0.6 is 11.8 Å². The summed E-state index contributed by atoms with van der Waals surface area (Å²) >= 11 is 1.40. The molecule has 0 bridgehead atoms. The maximum absolute atomic E-state index is 10.7. The van der Waals surface area contributed by atoms with Gasteiger partial charge in [-0.1, -0.05) is 19.9 Å². The lowest BCUT2D eigenvalue weighted by molar-refractivity contribution is 0.444. The molecule has 5 aromatic rings. The molecule has 8 heteroatoms. The smallest absolute Gasteiger partial charge is 0.202 e. The van der Waals surface area contributed by atoms with E-state index < -0.39 is 0 Å². The Labute approximate surface area is 195 Å². The summed E-state index contributed by atoms with van der Waals surface area (Å²) in [5, 5.41) is 32.4. The number of phenolic OH excluding ortho intramolecular Hbond substituents is 2. The molecule has 0 spiro atoms. The highest BCUT2D eigenvalue weighted by Crippen LogP contribution is 2.40. The van der Waals surface area contributed by atoms with Gasteiger partial charge in [-0.2, -0.15) is 0 Å². The van der Waals surface area contributed by atoms with Crippen LogP contribution in [0.25, 0.3) is 28.0 Å². The monoisotopic (exact) mass is 457 g/mol. The highest BCUT2D eigenvalue weighted by Gasteiger charge is 2.22. The van der Waals surface area contributed by atoms with Crippen molar-refractivity contribution in [2.75, 3.05) is 0 Å². The summed E-state index contributed by atoms with van der Waals surface area (Å²) < 4.78 is 3.98. The molecule has 5 rings (SSSR count). The molecule has 33 heavy (non-hydrogen) atoms. The van der Waals surface area contributed by atoms with Gasteiger partial charge in [0, 0.05) is 36.4 Å². The largest absolute Gasteiger partial charge is 0.508 e. The molecule has 2 N–H and O–H groups in total. The summed E-state index contributed by atoms with van der Waals surface area (Å²) in [5.74, 6) is 0.568. The lowest BCUT2D eigenvalue weighted by Gasteiger charge is -2.14. The first-order valence-electron chi connectivity index (χ1n) is 10.6. The fourth-order valence-electron chi connectivity index (χ4n) is 3.89. The van der Waals surface area contributed by atoms with E-state index in [0.29, 0.717) is 16.5 Å². The van der Waals surface area contributed by atoms with E-state index in [-0.39, 0.29) is 17.4 Å². The number of pyridine rings is 1. The molecule has 0 amide bonds. The fraction of sp³-hybridized carbons (Fsp3) is 0.160. The predicted octanol–water partition coefficient (Wildman–Crippen LogP) is 5.51. The van der Waals surface area contributed by atoms with E-state index in [2.05, 4.69) is 37.9 Å². The number of benzene rings is 2. The highest BCUT2D eigenvalue weighted by atomic mass is 32.2. The minimum atomic E-state index is -0.0549. The molecule has 0 aliphatic heterocycles. The summed E-state index contributed by atoms with van der Waals surface area (Å²) in [7, 11) is 2.01. The van der Waals surface area contributed by atoms with E-state index in [4.69, 9.17) is 0 Å². The summed E-state index contributed by atoms with van der Waals surface area (Å²) in [6.07, 6.45) is 3.76. The van der Waals surface area contributed by atoms with Crippen LogP contribution in [0.15, 0.2) is 77.2 Å². The molecular formula is C25H23N5O2S. The molecule has 0 radical (unpaired) electrons. The standard InChI is InChI=1S/C25H23N5O2S/c1-15(2)18-13-19(22(32)14-21(18)31)24-27-28-25(33-23-6-4-5-10-26-23)30(24)17-7-8-20-16(12-17)9-11-29(20)3/h4-15,31-32H,1-3H3. The van der Waals surface area contributed by atoms with Gasteiger partial charge in [0.25, 0.3) is 0 Å². The third-order valence-corrected chi connectivity index (χ3v) is 6.50. The summed E-state index contributed by atoms with van der Waals surface area (Å²) in [6, 6.07) is 17.1. The second-order valence-corrected chi connectivity index (χ2v) is 9.15. The normalized spacial score (nSPS) is 11.5. The van der Waals surface area contributed by atoms with Gasteiger partial charge in [-0.25, -0.2) is 4.98 Å². The van der Waals surface area contributed by atoms with Crippen molar-refractivity contribution in [3.8, 4) is 28.6 Å². The van der Waals surface area contributed by atoms with Gasteiger partial charge in [-0.15, -0.1) is 10.2 Å². The van der Waals surface area contributed by atoms with Crippen molar-refractivity contribution in [3.63, 3.8) is 0 Å². The first-order valence-corrected chi connectivity index (χ1v) is 11.4. The zero-order valence-electron chi connectivity index (χ0n) is 18.5. The number of phenols is 2. The van der Waals surface area contributed by atoms with E-state index in [1.807, 2.05) is 55.9 Å². The molecule has 2 aromatic carbocycles. The zero-order chi connectivity index (χ0) is 23.1. The van der Waals surface area contributed by atoms with Crippen LogP contribution in [0.5, 0.6) is 11.5 Å². The average Bonchev–Trinajstić information content (AvgIpc) is 3.37. The molecule has 7 nitrogen and oxygen atoms in total. The second-order valence-electron chi connectivity index (χ2n) is 8.16. The van der Waals surface area contributed by atoms with E-state index in [9.17, 15) is 10.2 Å². The van der Waals surface area contributed by atoms with Gasteiger partial charge < -0.3 is 14.8 Å². The number of rotatable bonds is 5. The number of aromatic hydroxyl groups is 2. The Morgan fingerprint density at radius 1 is 0.939 bits per heavy atom. The molecule has 166 valence electrons. The summed E-state index contributed by atoms with van der Waals surface area (Å²) in [6.45, 7) is 3.98. The predicted molar refractivity (Wildman–Crippen MR) is 129 cm³/mol. The van der Waals surface area contributed by atoms with Gasteiger partial charge in [0.2, 0.25) is 5.16 Å². The van der Waals surface area contributed by atoms with Gasteiger partial charge in [0.15, 0.2) is 5.82 Å². The fourth-order valence-corrected chi connectivity index (χ4v) is 4.70. The van der Waals surface area contributed by atoms with Crippen molar-refractivity contribution in [2.24, 2.45) is 7.05 Å². The van der Waals surface area contributed by atoms with Crippen LogP contribution in [0.2, 0.25) is 0 Å². The summed E-state index contributed by atoms with van der Waals surface area (Å²) in [4.78, 5) is 4.41. The molecule has 0 saturated heterocycles. The molecule has 0 atom stereocenters. The molecule has 0 aliphatic rings. The van der Waals surface area contributed by atoms with Crippen LogP contribution in [-0.2, 0) is 7.05 Å². The van der Waals surface area contributed by atoms with Crippen LogP contribution in [0.4, 0.5) is 0 Å². The van der Waals surface area contributed by atoms with Crippen LogP contribution in [0, 0.1) is 0 Å². The van der Waals surface area contributed by atoms with Crippen LogP contribution in [0.3, 0.4) is 0 Å². The van der Waals surface area contributed by atoms with Crippen molar-refractivity contribution in [1.82, 2.24) is 24.3 Å². The Morgan fingerprint density at radius 2 is 1.79 bits per heavy atom. The lowest BCUT2D eigenvalue weighted by Crippen LogP contribution is -2.01. The number of aromatic nitrogens is 5. The summed E-state index contributed by atoms with van der Waals surface area (Å²) in [5.41, 5.74) is 3.22. The second kappa shape index (κ2) is 8.29. The van der Waals surface area contributed by atoms with E-state index in [1.165, 1.54) is 17.8 Å². The first-order chi connectivity index (χ1) is 15.9. The molecule has 3 heterocycles. The van der Waals surface area contributed by atoms with E-state index in [1.54, 1.807) is 12.3 Å². The van der Waals surface area contributed by atoms with Crippen molar-refractivity contribution >= 4 is 22.7 Å². The maximum Gasteiger partial charge on any atom is 0.202 e. The number of aryl methyl sites for hydroxylation is 1. The van der Waals surface area contributed by atoms with E-state index >= 15 is 0 Å². The molecular weight excluding hydrogens is 434 g/mol. The Hall–Kier alpha value is -3.78. The van der Waals surface area contributed by atoms with Gasteiger partial charge in [-0.05, 0) is 65.7 Å². The third kappa shape index (κ3) is 3.82. The SMILES string of the molecule is CC(C)c1cc(-c2nnc(Sc3ccccn3)n2-c2ccc3c(ccn3C)c2)c(O)cc1O. The Morgan fingerprint density at radius 3 is 2.55 bits per heavy atom. The van der Waals surface area contributed by atoms with Gasteiger partial charge in [-0.3, -0.25) is 4.57 Å². The van der Waals surface area contributed by atoms with Gasteiger partial charge in [0.05, 0.1) is 11.3 Å². The number of hydrogen-bond donors (Lipinski definition) is 2. The Bertz CT molecular complexity index is 1460. The Kier molecular flexibility index (Phi) is 5.30. The molecule has 0 unspecified atom stereocenters. The van der Waals surface area contributed by atoms with Crippen molar-refractivity contribution < 1.29 is 10.2 Å². The first kappa shape index (κ1) is 21.1. The van der Waals surface area contributed by atoms with Crippen LogP contribution in [0.1, 0.15) is 25.3 Å². The molecule has 0 aliphatic carbocycles. The minimum absolute atomic E-state index is 0.0549. The topological polar surface area (TPSA) is 89.0 Å². The zero-order valence-corrected chi connectivity index (χ0v) is 19.3. The van der Waals surface area contributed by atoms with Crippen molar-refractivity contribution in [2.45, 2.75) is 29.9 Å². The van der Waals surface area contributed by atoms with E-state index in [0.717, 1.165) is 27.2 Å². The highest BCUT2D eigenvalue weighted by molar-refractivity contribution is 7.99. The van der Waals surface area contributed by atoms with Gasteiger partial charge >= 0.3 is 0 Å². The molecule has 3 aromatic heterocycles. The molecule has 0 saturated carbocycles. The van der Waals surface area contributed by atoms with Crippen LogP contribution < -0.4 is 0 Å². The maximum atomic E-state index is 10.7.